The van der Waals surface area contributed by atoms with E-state index in [1.54, 1.807) is 59.8 Å². The average molecular weight is 599 g/mol. The number of nitrogens with one attached hydrogen (secondary N) is 1. The van der Waals surface area contributed by atoms with Crippen molar-refractivity contribution in [3.63, 3.8) is 0 Å². The van der Waals surface area contributed by atoms with E-state index in [1.807, 2.05) is 0 Å². The molecule has 0 aliphatic carbocycles. The molecule has 0 bridgehead atoms. The normalized spacial score (nSPS) is 13.1. The van der Waals surface area contributed by atoms with Gasteiger partial charge in [0.25, 0.3) is 11.5 Å². The van der Waals surface area contributed by atoms with E-state index in [9.17, 15) is 14.4 Å². The highest BCUT2D eigenvalue weighted by Gasteiger charge is 2.18. The van der Waals surface area contributed by atoms with Crippen molar-refractivity contribution in [2.45, 2.75) is 13.0 Å². The fraction of sp³-hybridized carbons (Fsp3) is 0.296. The van der Waals surface area contributed by atoms with E-state index in [-0.39, 0.29) is 37.3 Å². The first-order valence-electron chi connectivity index (χ1n) is 12.9. The number of hydrogen-bond acceptors (Lipinski definition) is 9. The summed E-state index contributed by atoms with van der Waals surface area (Å²) in [6.07, 6.45) is 3.43. The maximum atomic E-state index is 12.4. The van der Waals surface area contributed by atoms with Crippen molar-refractivity contribution in [3.8, 4) is 17.1 Å². The Morgan fingerprint density at radius 1 is 1.10 bits per heavy atom. The molecule has 0 saturated carbocycles. The Balaban J connectivity index is 1.26. The van der Waals surface area contributed by atoms with Crippen LogP contribution in [0.2, 0.25) is 4.34 Å². The number of amides is 2. The number of thiophene rings is 1. The van der Waals surface area contributed by atoms with Crippen molar-refractivity contribution >= 4 is 34.9 Å². The molecular formula is C27H27ClN6O6S. The molecule has 14 heteroatoms. The van der Waals surface area contributed by atoms with Gasteiger partial charge in [0.1, 0.15) is 17.1 Å². The third-order valence-corrected chi connectivity index (χ3v) is 7.33. The highest BCUT2D eigenvalue weighted by molar-refractivity contribution is 7.18. The zero-order valence-corrected chi connectivity index (χ0v) is 23.5. The number of pyridine rings is 1. The SMILES string of the molecule is O=C(NCc1cn(-c2ccc(-n3ccccc3=O)cc2OCCCOC(=O)N2CCOCC2)nn1)c1ccc(Cl)s1. The minimum absolute atomic E-state index is 0.163. The highest BCUT2D eigenvalue weighted by Crippen LogP contribution is 2.26. The van der Waals surface area contributed by atoms with Crippen LogP contribution in [-0.2, 0) is 16.0 Å². The molecule has 5 rings (SSSR count). The van der Waals surface area contributed by atoms with Crippen LogP contribution in [0.15, 0.2) is 65.7 Å². The summed E-state index contributed by atoms with van der Waals surface area (Å²) < 4.78 is 20.3. The van der Waals surface area contributed by atoms with Gasteiger partial charge in [-0.15, -0.1) is 16.4 Å². The second-order valence-corrected chi connectivity index (χ2v) is 10.6. The van der Waals surface area contributed by atoms with Gasteiger partial charge in [0, 0.05) is 37.8 Å². The molecule has 4 heterocycles. The molecule has 3 aromatic heterocycles. The monoisotopic (exact) mass is 598 g/mol. The minimum Gasteiger partial charge on any atom is -0.491 e. The number of benzene rings is 1. The molecule has 4 aromatic rings. The molecular weight excluding hydrogens is 572 g/mol. The van der Waals surface area contributed by atoms with Gasteiger partial charge in [0.05, 0.1) is 54.1 Å². The molecule has 1 aromatic carbocycles. The Bertz CT molecular complexity index is 1560. The second-order valence-electron chi connectivity index (χ2n) is 8.92. The lowest BCUT2D eigenvalue weighted by molar-refractivity contribution is 0.0260. The van der Waals surface area contributed by atoms with Crippen LogP contribution >= 0.6 is 22.9 Å². The summed E-state index contributed by atoms with van der Waals surface area (Å²) in [5.74, 6) is 0.193. The van der Waals surface area contributed by atoms with E-state index in [4.69, 9.17) is 25.8 Å². The van der Waals surface area contributed by atoms with Crippen LogP contribution < -0.4 is 15.6 Å². The van der Waals surface area contributed by atoms with Crippen LogP contribution in [0.4, 0.5) is 4.79 Å². The van der Waals surface area contributed by atoms with Gasteiger partial charge in [-0.25, -0.2) is 9.48 Å². The first kappa shape index (κ1) is 28.3. The summed E-state index contributed by atoms with van der Waals surface area (Å²) in [6, 6.07) is 13.5. The number of aromatic nitrogens is 4. The van der Waals surface area contributed by atoms with E-state index in [0.29, 0.717) is 64.8 Å². The highest BCUT2D eigenvalue weighted by atomic mass is 35.5. The van der Waals surface area contributed by atoms with Gasteiger partial charge in [-0.2, -0.15) is 0 Å². The minimum atomic E-state index is -0.371. The van der Waals surface area contributed by atoms with Crippen LogP contribution in [0.1, 0.15) is 21.8 Å². The molecule has 12 nitrogen and oxygen atoms in total. The third kappa shape index (κ3) is 7.31. The van der Waals surface area contributed by atoms with Gasteiger partial charge in [0.2, 0.25) is 0 Å². The van der Waals surface area contributed by atoms with Crippen LogP contribution in [-0.4, -0.2) is 76.0 Å². The molecule has 0 unspecified atom stereocenters. The number of rotatable bonds is 10. The standard InChI is InChI=1S/C27H27ClN6O6S/c28-24-8-7-23(41-24)26(36)29-17-19-18-34(31-30-19)21-6-5-20(33-9-2-1-4-25(33)35)16-22(21)39-12-3-13-40-27(37)32-10-14-38-15-11-32/h1-2,4-9,16,18H,3,10-15,17H2,(H,29,36). The van der Waals surface area contributed by atoms with E-state index in [1.165, 1.54) is 26.7 Å². The number of nitrogens with zero attached hydrogens (tertiary/aromatic N) is 5. The van der Waals surface area contributed by atoms with Gasteiger partial charge in [-0.1, -0.05) is 22.9 Å². The Hall–Kier alpha value is -4.20. The van der Waals surface area contributed by atoms with Crippen LogP contribution in [0, 0.1) is 0 Å². The van der Waals surface area contributed by atoms with Crippen LogP contribution in [0.25, 0.3) is 11.4 Å². The first-order valence-corrected chi connectivity index (χ1v) is 14.1. The fourth-order valence-electron chi connectivity index (χ4n) is 4.03. The fourth-order valence-corrected chi connectivity index (χ4v) is 4.99. The predicted octanol–water partition coefficient (Wildman–Crippen LogP) is 3.30. The number of morpholine rings is 1. The van der Waals surface area contributed by atoms with Crippen molar-refractivity contribution in [1.29, 1.82) is 0 Å². The summed E-state index contributed by atoms with van der Waals surface area (Å²) in [7, 11) is 0. The topological polar surface area (TPSA) is 130 Å². The largest absolute Gasteiger partial charge is 0.491 e. The summed E-state index contributed by atoms with van der Waals surface area (Å²) in [5.41, 5.74) is 1.53. The van der Waals surface area contributed by atoms with E-state index in [0.717, 1.165) is 0 Å². The first-order chi connectivity index (χ1) is 20.0. The predicted molar refractivity (Wildman–Crippen MR) is 151 cm³/mol. The van der Waals surface area contributed by atoms with E-state index >= 15 is 0 Å². The Labute approximate surface area is 244 Å². The lowest BCUT2D eigenvalue weighted by atomic mass is 10.2. The third-order valence-electron chi connectivity index (χ3n) is 6.10. The molecule has 1 saturated heterocycles. The summed E-state index contributed by atoms with van der Waals surface area (Å²) in [4.78, 5) is 39.1. The molecule has 0 spiro atoms. The van der Waals surface area contributed by atoms with Crippen molar-refractivity contribution in [3.05, 3.63) is 86.2 Å². The molecule has 214 valence electrons. The Morgan fingerprint density at radius 3 is 2.73 bits per heavy atom. The maximum Gasteiger partial charge on any atom is 0.409 e. The molecule has 0 atom stereocenters. The second kappa shape index (κ2) is 13.4. The van der Waals surface area contributed by atoms with Gasteiger partial charge in [0.15, 0.2) is 0 Å². The Kier molecular flexibility index (Phi) is 9.29. The molecule has 1 fully saturated rings. The van der Waals surface area contributed by atoms with Gasteiger partial charge in [-0.3, -0.25) is 14.2 Å². The van der Waals surface area contributed by atoms with Gasteiger partial charge < -0.3 is 24.4 Å². The average Bonchev–Trinajstić information content (AvgIpc) is 3.65. The molecule has 1 aliphatic rings. The van der Waals surface area contributed by atoms with Crippen molar-refractivity contribution in [1.82, 2.24) is 29.8 Å². The molecule has 0 radical (unpaired) electrons. The van der Waals surface area contributed by atoms with Crippen LogP contribution in [0.5, 0.6) is 5.75 Å². The Morgan fingerprint density at radius 2 is 1.95 bits per heavy atom. The van der Waals surface area contributed by atoms with E-state index < -0.39 is 0 Å². The van der Waals surface area contributed by atoms with Crippen LogP contribution in [0.3, 0.4) is 0 Å². The number of carbonyl (C=O) groups excluding carboxylic acids is 2. The summed E-state index contributed by atoms with van der Waals surface area (Å²) in [5, 5.41) is 11.2. The smallest absolute Gasteiger partial charge is 0.409 e. The molecule has 41 heavy (non-hydrogen) atoms. The summed E-state index contributed by atoms with van der Waals surface area (Å²) in [6.45, 7) is 2.62. The number of carbonyl (C=O) groups is 2. The lowest BCUT2D eigenvalue weighted by Gasteiger charge is -2.25. The van der Waals surface area contributed by atoms with E-state index in [2.05, 4.69) is 15.6 Å². The molecule has 2 amide bonds. The number of ether oxygens (including phenoxy) is 3. The zero-order chi connectivity index (χ0) is 28.6. The quantitative estimate of drug-likeness (QED) is 0.275. The van der Waals surface area contributed by atoms with Crippen molar-refractivity contribution in [2.75, 3.05) is 39.5 Å². The number of hydrogen-bond donors (Lipinski definition) is 1. The molecule has 1 N–H and O–H groups in total. The van der Waals surface area contributed by atoms with Gasteiger partial charge >= 0.3 is 6.09 Å². The lowest BCUT2D eigenvalue weighted by Crippen LogP contribution is -2.41. The summed E-state index contributed by atoms with van der Waals surface area (Å²) >= 11 is 7.11. The zero-order valence-electron chi connectivity index (χ0n) is 21.9. The maximum absolute atomic E-state index is 12.4. The number of halogens is 1. The van der Waals surface area contributed by atoms with Crippen molar-refractivity contribution in [2.24, 2.45) is 0 Å². The van der Waals surface area contributed by atoms with Gasteiger partial charge in [-0.05, 0) is 30.3 Å². The molecule has 1 aliphatic heterocycles. The van der Waals surface area contributed by atoms with Crippen molar-refractivity contribution < 1.29 is 23.8 Å².